The zero-order valence-corrected chi connectivity index (χ0v) is 16.4. The van der Waals surface area contributed by atoms with E-state index < -0.39 is 17.8 Å². The number of allylic oxidation sites excluding steroid dienone is 1. The third-order valence-electron chi connectivity index (χ3n) is 8.33. The number of rotatable bonds is 4. The van der Waals surface area contributed by atoms with Crippen LogP contribution in [0.25, 0.3) is 0 Å². The van der Waals surface area contributed by atoms with Crippen molar-refractivity contribution < 1.29 is 24.9 Å². The van der Waals surface area contributed by atoms with Crippen LogP contribution in [-0.4, -0.2) is 52.1 Å². The Morgan fingerprint density at radius 2 is 2.04 bits per heavy atom. The molecule has 5 nitrogen and oxygen atoms in total. The van der Waals surface area contributed by atoms with Crippen LogP contribution in [0, 0.1) is 22.7 Å². The van der Waals surface area contributed by atoms with Gasteiger partial charge in [0.2, 0.25) is 0 Å². The Kier molecular flexibility index (Phi) is 4.47. The van der Waals surface area contributed by atoms with Gasteiger partial charge in [-0.25, -0.2) is 0 Å². The highest BCUT2D eigenvalue weighted by atomic mass is 16.6. The Balaban J connectivity index is 1.65. The third kappa shape index (κ3) is 2.62. The summed E-state index contributed by atoms with van der Waals surface area (Å²) >= 11 is 0. The minimum atomic E-state index is -0.969. The molecule has 0 unspecified atom stereocenters. The predicted molar refractivity (Wildman–Crippen MR) is 101 cm³/mol. The van der Waals surface area contributed by atoms with Gasteiger partial charge in [-0.3, -0.25) is 4.79 Å². The SMILES string of the molecule is C=C1CC[C@H]2[C@](C)(CO)CCC[C@]2(C)[C@H]1C[C@@]12O[C@@H]1[C@H](O)C(CO)=CC2=O. The Morgan fingerprint density at radius 1 is 1.30 bits per heavy atom. The maximum atomic E-state index is 12.8. The first-order chi connectivity index (χ1) is 12.7. The fourth-order valence-electron chi connectivity index (χ4n) is 6.64. The van der Waals surface area contributed by atoms with Crippen molar-refractivity contribution in [2.75, 3.05) is 13.2 Å². The fourth-order valence-corrected chi connectivity index (χ4v) is 6.64. The summed E-state index contributed by atoms with van der Waals surface area (Å²) in [6.07, 6.45) is 5.55. The Morgan fingerprint density at radius 3 is 2.70 bits per heavy atom. The van der Waals surface area contributed by atoms with Crippen molar-refractivity contribution in [3.63, 3.8) is 0 Å². The van der Waals surface area contributed by atoms with Gasteiger partial charge in [-0.15, -0.1) is 0 Å². The van der Waals surface area contributed by atoms with E-state index in [4.69, 9.17) is 4.74 Å². The summed E-state index contributed by atoms with van der Waals surface area (Å²) in [5.41, 5.74) is 0.425. The number of hydrogen-bond donors (Lipinski definition) is 3. The molecule has 0 radical (unpaired) electrons. The zero-order valence-electron chi connectivity index (χ0n) is 16.4. The Labute approximate surface area is 161 Å². The average Bonchev–Trinajstić information content (AvgIpc) is 3.38. The molecule has 0 bridgehead atoms. The summed E-state index contributed by atoms with van der Waals surface area (Å²) in [5.74, 6) is 0.383. The van der Waals surface area contributed by atoms with Gasteiger partial charge >= 0.3 is 0 Å². The number of epoxide rings is 1. The molecule has 1 aliphatic heterocycles. The molecule has 0 aromatic carbocycles. The lowest BCUT2D eigenvalue weighted by atomic mass is 9.46. The van der Waals surface area contributed by atoms with Crippen LogP contribution in [0.4, 0.5) is 0 Å². The van der Waals surface area contributed by atoms with Crippen LogP contribution >= 0.6 is 0 Å². The monoisotopic (exact) mass is 376 g/mol. The van der Waals surface area contributed by atoms with E-state index in [-0.39, 0.29) is 35.7 Å². The summed E-state index contributed by atoms with van der Waals surface area (Å²) in [6, 6.07) is 0. The van der Waals surface area contributed by atoms with Crippen molar-refractivity contribution >= 4 is 5.78 Å². The number of ether oxygens (including phenoxy) is 1. The van der Waals surface area contributed by atoms with E-state index in [2.05, 4.69) is 20.4 Å². The molecule has 0 spiro atoms. The summed E-state index contributed by atoms with van der Waals surface area (Å²) in [6.45, 7) is 8.71. The van der Waals surface area contributed by atoms with Crippen LogP contribution in [-0.2, 0) is 9.53 Å². The molecule has 1 saturated heterocycles. The highest BCUT2D eigenvalue weighted by Gasteiger charge is 2.69. The summed E-state index contributed by atoms with van der Waals surface area (Å²) in [5, 5.41) is 29.9. The molecule has 0 aromatic rings. The number of hydrogen-bond acceptors (Lipinski definition) is 5. The zero-order chi connectivity index (χ0) is 19.6. The lowest BCUT2D eigenvalue weighted by molar-refractivity contribution is -0.123. The molecule has 4 rings (SSSR count). The molecule has 3 fully saturated rings. The van der Waals surface area contributed by atoms with Crippen molar-refractivity contribution in [1.82, 2.24) is 0 Å². The molecule has 7 atom stereocenters. The van der Waals surface area contributed by atoms with Gasteiger partial charge in [0, 0.05) is 6.61 Å². The standard InChI is InChI=1S/C22H32O5/c1-13-5-6-16-20(2,12-24)7-4-8-21(16,3)15(13)10-22-17(25)9-14(11-23)18(26)19(22)27-22/h9,15-16,18-19,23-24,26H,1,4-8,10-12H2,2-3H3/t15-,16-,18+,19+,20-,21+,22-/m0/s1. The Bertz CT molecular complexity index is 699. The van der Waals surface area contributed by atoms with E-state index in [9.17, 15) is 20.1 Å². The summed E-state index contributed by atoms with van der Waals surface area (Å²) in [4.78, 5) is 12.8. The first-order valence-electron chi connectivity index (χ1n) is 10.2. The smallest absolute Gasteiger partial charge is 0.190 e. The van der Waals surface area contributed by atoms with Gasteiger partial charge < -0.3 is 20.1 Å². The molecular formula is C22H32O5. The molecule has 1 heterocycles. The normalized spacial score (nSPS) is 49.3. The largest absolute Gasteiger partial charge is 0.396 e. The average molecular weight is 376 g/mol. The van der Waals surface area contributed by atoms with Crippen molar-refractivity contribution in [2.45, 2.75) is 70.2 Å². The van der Waals surface area contributed by atoms with Gasteiger partial charge in [-0.1, -0.05) is 32.4 Å². The molecule has 0 aromatic heterocycles. The highest BCUT2D eigenvalue weighted by Crippen LogP contribution is 2.64. The number of carbonyl (C=O) groups is 1. The lowest BCUT2D eigenvalue weighted by Crippen LogP contribution is -2.53. The van der Waals surface area contributed by atoms with Gasteiger partial charge in [0.15, 0.2) is 11.4 Å². The fraction of sp³-hybridized carbons (Fsp3) is 0.773. The highest BCUT2D eigenvalue weighted by molar-refractivity contribution is 6.02. The van der Waals surface area contributed by atoms with Gasteiger partial charge in [-0.05, 0) is 66.4 Å². The number of carbonyl (C=O) groups excluding carboxylic acids is 1. The second-order valence-corrected chi connectivity index (χ2v) is 9.79. The second kappa shape index (κ2) is 6.24. The molecular weight excluding hydrogens is 344 g/mol. The topological polar surface area (TPSA) is 90.3 Å². The van der Waals surface area contributed by atoms with Crippen LogP contribution < -0.4 is 0 Å². The number of ketones is 1. The van der Waals surface area contributed by atoms with E-state index in [1.54, 1.807) is 0 Å². The maximum Gasteiger partial charge on any atom is 0.190 e. The van der Waals surface area contributed by atoms with Crippen molar-refractivity contribution in [1.29, 1.82) is 0 Å². The van der Waals surface area contributed by atoms with E-state index in [1.165, 1.54) is 11.6 Å². The van der Waals surface area contributed by atoms with Crippen LogP contribution in [0.3, 0.4) is 0 Å². The van der Waals surface area contributed by atoms with Crippen molar-refractivity contribution in [3.05, 3.63) is 23.8 Å². The molecule has 5 heteroatoms. The third-order valence-corrected chi connectivity index (χ3v) is 8.33. The van der Waals surface area contributed by atoms with E-state index >= 15 is 0 Å². The van der Waals surface area contributed by atoms with E-state index in [1.807, 2.05) is 0 Å². The molecule has 27 heavy (non-hydrogen) atoms. The van der Waals surface area contributed by atoms with Gasteiger partial charge in [0.05, 0.1) is 6.61 Å². The van der Waals surface area contributed by atoms with Crippen LogP contribution in [0.15, 0.2) is 23.8 Å². The summed E-state index contributed by atoms with van der Waals surface area (Å²) in [7, 11) is 0. The maximum absolute atomic E-state index is 12.8. The van der Waals surface area contributed by atoms with Crippen molar-refractivity contribution in [2.24, 2.45) is 22.7 Å². The number of aliphatic hydroxyl groups is 3. The van der Waals surface area contributed by atoms with Crippen molar-refractivity contribution in [3.8, 4) is 0 Å². The number of aliphatic hydroxyl groups excluding tert-OH is 3. The minimum Gasteiger partial charge on any atom is -0.396 e. The van der Waals surface area contributed by atoms with Gasteiger partial charge in [-0.2, -0.15) is 0 Å². The van der Waals surface area contributed by atoms with Crippen LogP contribution in [0.2, 0.25) is 0 Å². The van der Waals surface area contributed by atoms with Crippen LogP contribution in [0.5, 0.6) is 0 Å². The first kappa shape index (κ1) is 19.3. The van der Waals surface area contributed by atoms with E-state index in [0.717, 1.165) is 32.1 Å². The van der Waals surface area contributed by atoms with Gasteiger partial charge in [0.25, 0.3) is 0 Å². The quantitative estimate of drug-likeness (QED) is 0.517. The predicted octanol–water partition coefficient (Wildman–Crippen LogP) is 2.15. The van der Waals surface area contributed by atoms with E-state index in [0.29, 0.717) is 17.9 Å². The molecule has 4 aliphatic rings. The second-order valence-electron chi connectivity index (χ2n) is 9.79. The number of fused-ring (bicyclic) bond motifs is 2. The van der Waals surface area contributed by atoms with Crippen LogP contribution in [0.1, 0.15) is 52.4 Å². The molecule has 150 valence electrons. The summed E-state index contributed by atoms with van der Waals surface area (Å²) < 4.78 is 5.82. The first-order valence-corrected chi connectivity index (χ1v) is 10.2. The molecule has 3 aliphatic carbocycles. The lowest BCUT2D eigenvalue weighted by Gasteiger charge is -2.58. The molecule has 0 amide bonds. The molecule has 2 saturated carbocycles. The van der Waals surface area contributed by atoms with Gasteiger partial charge in [0.1, 0.15) is 12.2 Å². The minimum absolute atomic E-state index is 0.0253. The Hall–Kier alpha value is -1.01. The molecule has 3 N–H and O–H groups in total.